The van der Waals surface area contributed by atoms with Crippen LogP contribution in [0.25, 0.3) is 0 Å². The van der Waals surface area contributed by atoms with Gasteiger partial charge in [0.1, 0.15) is 0 Å². The summed E-state index contributed by atoms with van der Waals surface area (Å²) in [5.74, 6) is 0. The van der Waals surface area contributed by atoms with Crippen molar-refractivity contribution in [1.29, 1.82) is 0 Å². The van der Waals surface area contributed by atoms with E-state index in [9.17, 15) is 0 Å². The maximum absolute atomic E-state index is 3.79. The Bertz CT molecular complexity index is 205. The predicted molar refractivity (Wildman–Crippen MR) is 72.2 cm³/mol. The Hall–Kier alpha value is 0.0569. The highest BCUT2D eigenvalue weighted by atomic mass is 28.4. The summed E-state index contributed by atoms with van der Waals surface area (Å²) in [7, 11) is 2.12. The van der Waals surface area contributed by atoms with Crippen LogP contribution < -0.4 is 19.9 Å². The third kappa shape index (κ3) is 4.14. The summed E-state index contributed by atoms with van der Waals surface area (Å²) in [4.78, 5) is 14.4. The molecular weight excluding hydrogens is 216 g/mol. The van der Waals surface area contributed by atoms with Crippen molar-refractivity contribution < 1.29 is 0 Å². The predicted octanol–water partition coefficient (Wildman–Crippen LogP) is 0.781. The number of nitrogens with one attached hydrogen (secondary N) is 4. The molecule has 0 atom stereocenters. The zero-order valence-electron chi connectivity index (χ0n) is 11.4. The van der Waals surface area contributed by atoms with E-state index in [4.69, 9.17) is 0 Å². The molecule has 1 rings (SSSR count). The molecule has 5 heteroatoms. The van der Waals surface area contributed by atoms with Crippen LogP contribution in [-0.4, -0.2) is 34.4 Å². The summed E-state index contributed by atoms with van der Waals surface area (Å²) in [6, 6.07) is 0.668. The van der Waals surface area contributed by atoms with Crippen molar-refractivity contribution >= 4 is 8.72 Å². The second kappa shape index (κ2) is 5.60. The second-order valence-corrected chi connectivity index (χ2v) is 8.79. The van der Waals surface area contributed by atoms with Gasteiger partial charge in [0.25, 0.3) is 0 Å². The first-order valence-electron chi connectivity index (χ1n) is 6.36. The Morgan fingerprint density at radius 3 is 1.88 bits per heavy atom. The minimum Gasteiger partial charge on any atom is -0.303 e. The molecule has 16 heavy (non-hydrogen) atoms. The van der Waals surface area contributed by atoms with Crippen LogP contribution in [0.4, 0.5) is 0 Å². The lowest BCUT2D eigenvalue weighted by atomic mass is 10.1. The minimum absolute atomic E-state index is 0.115. The SMILES string of the molecule is CN[Si](NC)(NC1CCCC1)NC(C)(C)C. The molecule has 1 aliphatic carbocycles. The molecular formula is C11H28N4Si. The fraction of sp³-hybridized carbons (Fsp3) is 1.00. The van der Waals surface area contributed by atoms with E-state index >= 15 is 0 Å². The van der Waals surface area contributed by atoms with Gasteiger partial charge in [-0.15, -0.1) is 0 Å². The average Bonchev–Trinajstić information content (AvgIpc) is 2.67. The first-order chi connectivity index (χ1) is 7.41. The molecule has 0 heterocycles. The molecule has 0 radical (unpaired) electrons. The fourth-order valence-electron chi connectivity index (χ4n) is 2.37. The van der Waals surface area contributed by atoms with Crippen LogP contribution in [0.2, 0.25) is 0 Å². The topological polar surface area (TPSA) is 48.1 Å². The van der Waals surface area contributed by atoms with Gasteiger partial charge >= 0.3 is 8.72 Å². The zero-order chi connectivity index (χ0) is 12.2. The number of rotatable bonds is 5. The molecule has 0 saturated heterocycles. The molecule has 0 aromatic rings. The summed E-state index contributed by atoms with van der Waals surface area (Å²) in [5, 5.41) is 0. The quantitative estimate of drug-likeness (QED) is 0.540. The van der Waals surface area contributed by atoms with Gasteiger partial charge < -0.3 is 9.96 Å². The van der Waals surface area contributed by atoms with Gasteiger partial charge in [-0.3, -0.25) is 9.96 Å². The van der Waals surface area contributed by atoms with Crippen molar-refractivity contribution in [2.75, 3.05) is 14.1 Å². The normalized spacial score (nSPS) is 19.3. The van der Waals surface area contributed by atoms with E-state index in [1.54, 1.807) is 0 Å². The van der Waals surface area contributed by atoms with Crippen molar-refractivity contribution in [2.45, 2.75) is 58.0 Å². The van der Waals surface area contributed by atoms with Crippen LogP contribution in [0, 0.1) is 0 Å². The first-order valence-corrected chi connectivity index (χ1v) is 8.36. The van der Waals surface area contributed by atoms with Crippen molar-refractivity contribution in [3.05, 3.63) is 0 Å². The molecule has 0 aromatic heterocycles. The van der Waals surface area contributed by atoms with E-state index in [1.807, 2.05) is 14.1 Å². The van der Waals surface area contributed by atoms with E-state index in [0.717, 1.165) is 0 Å². The third-order valence-corrected chi connectivity index (χ3v) is 6.55. The van der Waals surface area contributed by atoms with Gasteiger partial charge in [0.2, 0.25) is 0 Å². The van der Waals surface area contributed by atoms with Gasteiger partial charge in [-0.1, -0.05) is 12.8 Å². The van der Waals surface area contributed by atoms with Crippen LogP contribution in [-0.2, 0) is 0 Å². The standard InChI is InChI=1S/C11H28N4Si/c1-11(2,3)15-16(12-4,13-5)14-10-8-6-7-9-10/h10,12-15H,6-9H2,1-5H3. The Morgan fingerprint density at radius 1 is 1.00 bits per heavy atom. The lowest BCUT2D eigenvalue weighted by Crippen LogP contribution is -2.83. The highest BCUT2D eigenvalue weighted by molar-refractivity contribution is 6.70. The van der Waals surface area contributed by atoms with Gasteiger partial charge in [0.15, 0.2) is 0 Å². The second-order valence-electron chi connectivity index (χ2n) is 5.75. The summed E-state index contributed by atoms with van der Waals surface area (Å²) in [5.41, 5.74) is 0.115. The van der Waals surface area contributed by atoms with E-state index < -0.39 is 8.72 Å². The van der Waals surface area contributed by atoms with E-state index in [1.165, 1.54) is 25.7 Å². The van der Waals surface area contributed by atoms with Crippen molar-refractivity contribution in [3.8, 4) is 0 Å². The minimum atomic E-state index is -1.94. The molecule has 0 aliphatic heterocycles. The lowest BCUT2D eigenvalue weighted by molar-refractivity contribution is 0.475. The smallest absolute Gasteiger partial charge is 0.303 e. The molecule has 0 aromatic carbocycles. The molecule has 1 saturated carbocycles. The van der Waals surface area contributed by atoms with Crippen LogP contribution in [0.15, 0.2) is 0 Å². The molecule has 4 nitrogen and oxygen atoms in total. The highest BCUT2D eigenvalue weighted by Gasteiger charge is 2.38. The van der Waals surface area contributed by atoms with Crippen molar-refractivity contribution in [1.82, 2.24) is 19.9 Å². The largest absolute Gasteiger partial charge is 0.366 e. The van der Waals surface area contributed by atoms with Gasteiger partial charge in [0, 0.05) is 11.6 Å². The molecule has 4 N–H and O–H groups in total. The Morgan fingerprint density at radius 2 is 1.50 bits per heavy atom. The third-order valence-electron chi connectivity index (χ3n) is 3.09. The number of hydrogen-bond acceptors (Lipinski definition) is 4. The van der Waals surface area contributed by atoms with Crippen LogP contribution >= 0.6 is 0 Å². The lowest BCUT2D eigenvalue weighted by Gasteiger charge is -2.39. The molecule has 96 valence electrons. The molecule has 1 fully saturated rings. The maximum atomic E-state index is 3.79. The Balaban J connectivity index is 2.62. The van der Waals surface area contributed by atoms with Crippen molar-refractivity contribution in [2.24, 2.45) is 0 Å². The van der Waals surface area contributed by atoms with Gasteiger partial charge in [-0.25, -0.2) is 0 Å². The fourth-order valence-corrected chi connectivity index (χ4v) is 5.26. The molecule has 0 unspecified atom stereocenters. The monoisotopic (exact) mass is 244 g/mol. The Labute approximate surface area is 101 Å². The average molecular weight is 244 g/mol. The maximum Gasteiger partial charge on any atom is 0.366 e. The summed E-state index contributed by atoms with van der Waals surface area (Å²) in [6.45, 7) is 6.62. The van der Waals surface area contributed by atoms with Gasteiger partial charge in [-0.2, -0.15) is 0 Å². The van der Waals surface area contributed by atoms with Crippen LogP contribution in [0.5, 0.6) is 0 Å². The molecule has 0 spiro atoms. The summed E-state index contributed by atoms with van der Waals surface area (Å²) in [6.07, 6.45) is 5.35. The molecule has 0 bridgehead atoms. The number of hydrogen-bond donors (Lipinski definition) is 4. The van der Waals surface area contributed by atoms with E-state index in [-0.39, 0.29) is 5.54 Å². The highest BCUT2D eigenvalue weighted by Crippen LogP contribution is 2.18. The molecule has 0 amide bonds. The van der Waals surface area contributed by atoms with E-state index in [0.29, 0.717) is 6.04 Å². The van der Waals surface area contributed by atoms with Crippen LogP contribution in [0.1, 0.15) is 46.5 Å². The van der Waals surface area contributed by atoms with Gasteiger partial charge in [-0.05, 0) is 47.7 Å². The van der Waals surface area contributed by atoms with Gasteiger partial charge in [0.05, 0.1) is 0 Å². The van der Waals surface area contributed by atoms with Crippen molar-refractivity contribution in [3.63, 3.8) is 0 Å². The van der Waals surface area contributed by atoms with Crippen LogP contribution in [0.3, 0.4) is 0 Å². The summed E-state index contributed by atoms with van der Waals surface area (Å²) < 4.78 is 0. The summed E-state index contributed by atoms with van der Waals surface area (Å²) >= 11 is 0. The molecule has 1 aliphatic rings. The Kier molecular flexibility index (Phi) is 4.94. The van der Waals surface area contributed by atoms with E-state index in [2.05, 4.69) is 40.7 Å². The first kappa shape index (κ1) is 14.1. The zero-order valence-corrected chi connectivity index (χ0v) is 12.4.